The van der Waals surface area contributed by atoms with Crippen LogP contribution in [0.5, 0.6) is 0 Å². The number of fused-ring (bicyclic) bond motifs is 5. The molecule has 0 N–H and O–H groups in total. The predicted molar refractivity (Wildman–Crippen MR) is 92.3 cm³/mol. The highest BCUT2D eigenvalue weighted by Crippen LogP contribution is 2.64. The Morgan fingerprint density at radius 2 is 1.83 bits per heavy atom. The van der Waals surface area contributed by atoms with Gasteiger partial charge >= 0.3 is 5.97 Å². The molecule has 0 heterocycles. The first-order valence-corrected chi connectivity index (χ1v) is 9.74. The van der Waals surface area contributed by atoms with Crippen LogP contribution >= 0.6 is 0 Å². The summed E-state index contributed by atoms with van der Waals surface area (Å²) >= 11 is 0. The quantitative estimate of drug-likeness (QED) is 0.527. The summed E-state index contributed by atoms with van der Waals surface area (Å²) in [5.74, 6) is 2.33. The number of esters is 1. The summed E-state index contributed by atoms with van der Waals surface area (Å²) < 4.78 is 5.50. The zero-order valence-electron chi connectivity index (χ0n) is 15.3. The Bertz CT molecular complexity index is 606. The molecule has 0 aromatic carbocycles. The molecule has 3 fully saturated rings. The second-order valence-electron chi connectivity index (χ2n) is 9.15. The normalized spacial score (nSPS) is 47.3. The summed E-state index contributed by atoms with van der Waals surface area (Å²) in [5.41, 5.74) is 1.74. The van der Waals surface area contributed by atoms with E-state index in [2.05, 4.69) is 19.9 Å². The number of Topliss-reactive ketones (excluding diaryl/α,β-unsaturated/α-hetero) is 1. The molecule has 0 aromatic rings. The van der Waals surface area contributed by atoms with Gasteiger partial charge in [-0.25, -0.2) is 0 Å². The molecule has 3 heteroatoms. The molecule has 3 saturated carbocycles. The van der Waals surface area contributed by atoms with E-state index in [9.17, 15) is 9.59 Å². The van der Waals surface area contributed by atoms with E-state index in [1.807, 2.05) is 0 Å². The first kappa shape index (κ1) is 16.4. The standard InChI is InChI=1S/C21H30O3/c1-13(22)24-15-8-10-20(2)14(12-15)4-5-16-17-6-7-19(23)21(17,3)11-9-18(16)20/h4,15-18H,5-12H2,1-3H3/t15-,16+,17+,18+,20-,21-/m0/s1. The first-order chi connectivity index (χ1) is 11.3. The smallest absolute Gasteiger partial charge is 0.302 e. The van der Waals surface area contributed by atoms with Gasteiger partial charge in [0, 0.05) is 25.2 Å². The minimum Gasteiger partial charge on any atom is -0.462 e. The van der Waals surface area contributed by atoms with Gasteiger partial charge in [-0.3, -0.25) is 9.59 Å². The van der Waals surface area contributed by atoms with Crippen LogP contribution in [0.25, 0.3) is 0 Å². The average molecular weight is 330 g/mol. The van der Waals surface area contributed by atoms with Crippen molar-refractivity contribution in [3.63, 3.8) is 0 Å². The number of ketones is 1. The van der Waals surface area contributed by atoms with Gasteiger partial charge < -0.3 is 4.74 Å². The second-order valence-corrected chi connectivity index (χ2v) is 9.15. The number of hydrogen-bond donors (Lipinski definition) is 0. The zero-order valence-corrected chi connectivity index (χ0v) is 15.3. The van der Waals surface area contributed by atoms with Crippen LogP contribution in [0.15, 0.2) is 11.6 Å². The highest BCUT2D eigenvalue weighted by molar-refractivity contribution is 5.87. The average Bonchev–Trinajstić information content (AvgIpc) is 2.83. The fraction of sp³-hybridized carbons (Fsp3) is 0.810. The summed E-state index contributed by atoms with van der Waals surface area (Å²) in [5, 5.41) is 0. The molecule has 0 saturated heterocycles. The van der Waals surface area contributed by atoms with Gasteiger partial charge in [-0.2, -0.15) is 0 Å². The maximum atomic E-state index is 12.4. The van der Waals surface area contributed by atoms with Gasteiger partial charge in [0.05, 0.1) is 0 Å². The fourth-order valence-corrected chi connectivity index (χ4v) is 6.73. The van der Waals surface area contributed by atoms with Gasteiger partial charge in [-0.15, -0.1) is 0 Å². The molecule has 132 valence electrons. The fourth-order valence-electron chi connectivity index (χ4n) is 6.73. The second kappa shape index (κ2) is 5.44. The number of hydrogen-bond acceptors (Lipinski definition) is 3. The van der Waals surface area contributed by atoms with Crippen molar-refractivity contribution in [3.8, 4) is 0 Å². The predicted octanol–water partition coefficient (Wildman–Crippen LogP) is 4.45. The van der Waals surface area contributed by atoms with Crippen molar-refractivity contribution in [2.24, 2.45) is 28.6 Å². The van der Waals surface area contributed by atoms with Crippen LogP contribution in [0, 0.1) is 28.6 Å². The first-order valence-electron chi connectivity index (χ1n) is 9.74. The number of carbonyl (C=O) groups excluding carboxylic acids is 2. The minimum atomic E-state index is -0.157. The van der Waals surface area contributed by atoms with Gasteiger partial charge in [-0.05, 0) is 61.7 Å². The number of allylic oxidation sites excluding steroid dienone is 1. The summed E-state index contributed by atoms with van der Waals surface area (Å²) in [7, 11) is 0. The van der Waals surface area contributed by atoms with Gasteiger partial charge in [0.15, 0.2) is 0 Å². The molecule has 0 bridgehead atoms. The lowest BCUT2D eigenvalue weighted by Gasteiger charge is -2.56. The highest BCUT2D eigenvalue weighted by atomic mass is 16.5. The third kappa shape index (κ3) is 2.23. The number of carbonyl (C=O) groups is 2. The molecule has 0 aromatic heterocycles. The van der Waals surface area contributed by atoms with Crippen molar-refractivity contribution in [2.75, 3.05) is 0 Å². The molecular formula is C21H30O3. The van der Waals surface area contributed by atoms with Crippen LogP contribution in [0.4, 0.5) is 0 Å². The van der Waals surface area contributed by atoms with E-state index in [-0.39, 0.29) is 22.9 Å². The molecule has 6 atom stereocenters. The van der Waals surface area contributed by atoms with Crippen molar-refractivity contribution in [3.05, 3.63) is 11.6 Å². The Labute approximate surface area is 145 Å². The topological polar surface area (TPSA) is 43.4 Å². The Morgan fingerprint density at radius 1 is 1.12 bits per heavy atom. The number of ether oxygens (including phenoxy) is 1. The summed E-state index contributed by atoms with van der Waals surface area (Å²) in [4.78, 5) is 23.7. The van der Waals surface area contributed by atoms with Crippen LogP contribution in [0.1, 0.15) is 72.1 Å². The third-order valence-electron chi connectivity index (χ3n) is 8.10. The maximum Gasteiger partial charge on any atom is 0.302 e. The zero-order chi connectivity index (χ0) is 17.1. The van der Waals surface area contributed by atoms with Crippen molar-refractivity contribution in [2.45, 2.75) is 78.2 Å². The Morgan fingerprint density at radius 3 is 2.58 bits per heavy atom. The van der Waals surface area contributed by atoms with Gasteiger partial charge in [0.25, 0.3) is 0 Å². The van der Waals surface area contributed by atoms with Gasteiger partial charge in [-0.1, -0.05) is 25.5 Å². The molecule has 0 amide bonds. The largest absolute Gasteiger partial charge is 0.462 e. The van der Waals surface area contributed by atoms with Crippen molar-refractivity contribution in [1.82, 2.24) is 0 Å². The lowest BCUT2D eigenvalue weighted by molar-refractivity contribution is -0.148. The highest BCUT2D eigenvalue weighted by Gasteiger charge is 2.58. The van der Waals surface area contributed by atoms with E-state index in [1.165, 1.54) is 18.9 Å². The van der Waals surface area contributed by atoms with E-state index in [1.54, 1.807) is 0 Å². The Balaban J connectivity index is 1.60. The SMILES string of the molecule is CC(=O)O[C@H]1CC[C@@]2(C)C(=CC[C@H]3[C@H]2CC[C@]2(C)C(=O)CC[C@H]32)C1. The van der Waals surface area contributed by atoms with Gasteiger partial charge in [0.2, 0.25) is 0 Å². The molecule has 24 heavy (non-hydrogen) atoms. The van der Waals surface area contributed by atoms with E-state index in [4.69, 9.17) is 4.74 Å². The third-order valence-corrected chi connectivity index (χ3v) is 8.10. The van der Waals surface area contributed by atoms with E-state index >= 15 is 0 Å². The molecule has 3 nitrogen and oxygen atoms in total. The summed E-state index contributed by atoms with van der Waals surface area (Å²) in [6.07, 6.45) is 10.8. The van der Waals surface area contributed by atoms with E-state index in [0.717, 1.165) is 44.9 Å². The van der Waals surface area contributed by atoms with E-state index < -0.39 is 0 Å². The molecular weight excluding hydrogens is 300 g/mol. The van der Waals surface area contributed by atoms with Crippen molar-refractivity contribution < 1.29 is 14.3 Å². The molecule has 4 aliphatic carbocycles. The molecule has 4 aliphatic rings. The van der Waals surface area contributed by atoms with Crippen LogP contribution in [0.3, 0.4) is 0 Å². The van der Waals surface area contributed by atoms with Crippen LogP contribution in [0.2, 0.25) is 0 Å². The Kier molecular flexibility index (Phi) is 3.71. The van der Waals surface area contributed by atoms with Crippen LogP contribution in [-0.2, 0) is 14.3 Å². The molecule has 0 spiro atoms. The van der Waals surface area contributed by atoms with Gasteiger partial charge in [0.1, 0.15) is 11.9 Å². The van der Waals surface area contributed by atoms with Crippen LogP contribution in [-0.4, -0.2) is 17.9 Å². The lowest BCUT2D eigenvalue weighted by atomic mass is 9.48. The van der Waals surface area contributed by atoms with E-state index in [0.29, 0.717) is 23.5 Å². The van der Waals surface area contributed by atoms with Crippen molar-refractivity contribution in [1.29, 1.82) is 0 Å². The molecule has 4 rings (SSSR count). The minimum absolute atomic E-state index is 0.0438. The maximum absolute atomic E-state index is 12.4. The van der Waals surface area contributed by atoms with Crippen LogP contribution < -0.4 is 0 Å². The summed E-state index contributed by atoms with van der Waals surface area (Å²) in [6.45, 7) is 6.19. The molecule has 0 unspecified atom stereocenters. The molecule has 0 aliphatic heterocycles. The molecule has 0 radical (unpaired) electrons. The summed E-state index contributed by atoms with van der Waals surface area (Å²) in [6, 6.07) is 0. The van der Waals surface area contributed by atoms with Crippen molar-refractivity contribution >= 4 is 11.8 Å². The lowest BCUT2D eigenvalue weighted by Crippen LogP contribution is -2.50. The number of rotatable bonds is 1. The monoisotopic (exact) mass is 330 g/mol. The Hall–Kier alpha value is -1.12.